The summed E-state index contributed by atoms with van der Waals surface area (Å²) in [4.78, 5) is 1.79. The quantitative estimate of drug-likeness (QED) is 0.680. The van der Waals surface area contributed by atoms with Crippen molar-refractivity contribution >= 4 is 6.01 Å². The zero-order valence-corrected chi connectivity index (χ0v) is 8.37. The molecule has 5 nitrogen and oxygen atoms in total. The molecule has 1 N–H and O–H groups in total. The van der Waals surface area contributed by atoms with Gasteiger partial charge in [-0.15, -0.1) is 5.10 Å². The van der Waals surface area contributed by atoms with Crippen LogP contribution in [0.2, 0.25) is 0 Å². The average Bonchev–Trinajstić information content (AvgIpc) is 2.53. The highest BCUT2D eigenvalue weighted by molar-refractivity contribution is 5.19. The number of hydrogen-bond donors (Lipinski definition) is 1. The van der Waals surface area contributed by atoms with E-state index in [-0.39, 0.29) is 0 Å². The van der Waals surface area contributed by atoms with Gasteiger partial charge in [0.2, 0.25) is 5.89 Å². The molecule has 0 amide bonds. The molecule has 0 aromatic carbocycles. The van der Waals surface area contributed by atoms with Crippen LogP contribution in [0.1, 0.15) is 19.2 Å². The van der Waals surface area contributed by atoms with Crippen LogP contribution in [0.15, 0.2) is 4.42 Å². The highest BCUT2D eigenvalue weighted by Gasteiger charge is 2.05. The Hall–Kier alpha value is -1.10. The van der Waals surface area contributed by atoms with Gasteiger partial charge in [-0.2, -0.15) is 0 Å². The van der Waals surface area contributed by atoms with Crippen molar-refractivity contribution in [3.8, 4) is 0 Å². The lowest BCUT2D eigenvalue weighted by atomic mass is 10.5. The van der Waals surface area contributed by atoms with Crippen LogP contribution in [0, 0.1) is 0 Å². The van der Waals surface area contributed by atoms with Crippen LogP contribution in [0.5, 0.6) is 0 Å². The lowest BCUT2D eigenvalue weighted by Crippen LogP contribution is -2.13. The van der Waals surface area contributed by atoms with Crippen molar-refractivity contribution in [2.24, 2.45) is 0 Å². The fraction of sp³-hybridized carbons (Fsp3) is 0.750. The number of nitrogens with zero attached hydrogens (tertiary/aromatic N) is 3. The van der Waals surface area contributed by atoms with Gasteiger partial charge in [0.25, 0.3) is 0 Å². The topological polar surface area (TPSA) is 54.2 Å². The molecule has 1 aromatic heterocycles. The maximum absolute atomic E-state index is 5.33. The third-order valence-electron chi connectivity index (χ3n) is 1.54. The summed E-state index contributed by atoms with van der Waals surface area (Å²) in [6.07, 6.45) is 1.11. The van der Waals surface area contributed by atoms with Crippen LogP contribution in [0.3, 0.4) is 0 Å². The Bertz CT molecular complexity index is 246. The van der Waals surface area contributed by atoms with Crippen molar-refractivity contribution in [3.63, 3.8) is 0 Å². The first-order valence-corrected chi connectivity index (χ1v) is 4.44. The second kappa shape index (κ2) is 4.81. The van der Waals surface area contributed by atoms with E-state index in [0.717, 1.165) is 13.0 Å². The Morgan fingerprint density at radius 1 is 1.38 bits per heavy atom. The molecule has 0 fully saturated rings. The van der Waals surface area contributed by atoms with Crippen LogP contribution in [-0.2, 0) is 6.54 Å². The summed E-state index contributed by atoms with van der Waals surface area (Å²) >= 11 is 0. The molecule has 0 saturated heterocycles. The van der Waals surface area contributed by atoms with Gasteiger partial charge in [0.1, 0.15) is 0 Å². The molecular weight excluding hydrogens is 168 g/mol. The second-order valence-electron chi connectivity index (χ2n) is 3.05. The first-order valence-electron chi connectivity index (χ1n) is 4.44. The van der Waals surface area contributed by atoms with Crippen molar-refractivity contribution in [3.05, 3.63) is 5.89 Å². The van der Waals surface area contributed by atoms with Crippen molar-refractivity contribution in [1.29, 1.82) is 0 Å². The lowest BCUT2D eigenvalue weighted by Gasteiger charge is -2.03. The third-order valence-corrected chi connectivity index (χ3v) is 1.54. The van der Waals surface area contributed by atoms with Gasteiger partial charge in [-0.25, -0.2) is 0 Å². The smallest absolute Gasteiger partial charge is 0.317 e. The molecule has 0 radical (unpaired) electrons. The molecule has 0 spiro atoms. The number of nitrogens with one attached hydrogen (secondary N) is 1. The SMILES string of the molecule is CCCNCc1nnc(N(C)C)o1. The van der Waals surface area contributed by atoms with Crippen LogP contribution in [-0.4, -0.2) is 30.8 Å². The van der Waals surface area contributed by atoms with E-state index >= 15 is 0 Å². The molecule has 13 heavy (non-hydrogen) atoms. The van der Waals surface area contributed by atoms with E-state index in [1.807, 2.05) is 14.1 Å². The molecule has 0 aliphatic heterocycles. The molecule has 0 aliphatic rings. The predicted molar refractivity (Wildman–Crippen MR) is 50.6 cm³/mol. The molecule has 0 bridgehead atoms. The van der Waals surface area contributed by atoms with Gasteiger partial charge >= 0.3 is 6.01 Å². The number of aromatic nitrogens is 2. The Morgan fingerprint density at radius 3 is 2.69 bits per heavy atom. The van der Waals surface area contributed by atoms with E-state index in [1.165, 1.54) is 0 Å². The monoisotopic (exact) mass is 184 g/mol. The Kier molecular flexibility index (Phi) is 3.70. The summed E-state index contributed by atoms with van der Waals surface area (Å²) in [5.74, 6) is 0.636. The van der Waals surface area contributed by atoms with Crippen molar-refractivity contribution in [1.82, 2.24) is 15.5 Å². The van der Waals surface area contributed by atoms with E-state index < -0.39 is 0 Å². The van der Waals surface area contributed by atoms with Crippen molar-refractivity contribution in [2.75, 3.05) is 25.5 Å². The summed E-state index contributed by atoms with van der Waals surface area (Å²) in [6.45, 7) is 3.74. The summed E-state index contributed by atoms with van der Waals surface area (Å²) in [5, 5.41) is 10.9. The minimum absolute atomic E-state index is 0.549. The Balaban J connectivity index is 2.40. The Labute approximate surface area is 78.1 Å². The number of anilines is 1. The second-order valence-corrected chi connectivity index (χ2v) is 3.05. The van der Waals surface area contributed by atoms with Crippen LogP contribution < -0.4 is 10.2 Å². The summed E-state index contributed by atoms with van der Waals surface area (Å²) < 4.78 is 5.33. The van der Waals surface area contributed by atoms with E-state index in [0.29, 0.717) is 18.5 Å². The van der Waals surface area contributed by atoms with E-state index in [4.69, 9.17) is 4.42 Å². The number of hydrogen-bond acceptors (Lipinski definition) is 5. The molecule has 0 unspecified atom stereocenters. The first-order chi connectivity index (χ1) is 6.24. The maximum Gasteiger partial charge on any atom is 0.317 e. The van der Waals surface area contributed by atoms with E-state index in [9.17, 15) is 0 Å². The molecule has 5 heteroatoms. The molecule has 0 atom stereocenters. The minimum atomic E-state index is 0.549. The van der Waals surface area contributed by atoms with Crippen LogP contribution >= 0.6 is 0 Å². The molecule has 1 heterocycles. The minimum Gasteiger partial charge on any atom is -0.407 e. The van der Waals surface area contributed by atoms with Gasteiger partial charge in [-0.05, 0) is 13.0 Å². The van der Waals surface area contributed by atoms with Gasteiger partial charge in [0, 0.05) is 14.1 Å². The predicted octanol–water partition coefficient (Wildman–Crippen LogP) is 0.635. The zero-order valence-electron chi connectivity index (χ0n) is 8.37. The van der Waals surface area contributed by atoms with Gasteiger partial charge in [-0.1, -0.05) is 12.0 Å². The Morgan fingerprint density at radius 2 is 2.15 bits per heavy atom. The largest absolute Gasteiger partial charge is 0.407 e. The highest BCUT2D eigenvalue weighted by atomic mass is 16.4. The fourth-order valence-corrected chi connectivity index (χ4v) is 0.869. The third kappa shape index (κ3) is 3.02. The standard InChI is InChI=1S/C8H16N4O/c1-4-5-9-6-7-10-11-8(13-7)12(2)3/h9H,4-6H2,1-3H3. The molecule has 1 aromatic rings. The first kappa shape index (κ1) is 9.98. The normalized spacial score (nSPS) is 10.4. The number of rotatable bonds is 5. The fourth-order valence-electron chi connectivity index (χ4n) is 0.869. The maximum atomic E-state index is 5.33. The zero-order chi connectivity index (χ0) is 9.68. The van der Waals surface area contributed by atoms with Gasteiger partial charge in [0.15, 0.2) is 0 Å². The van der Waals surface area contributed by atoms with Crippen LogP contribution in [0.4, 0.5) is 6.01 Å². The summed E-state index contributed by atoms with van der Waals surface area (Å²) in [7, 11) is 3.74. The summed E-state index contributed by atoms with van der Waals surface area (Å²) in [5.41, 5.74) is 0. The van der Waals surface area contributed by atoms with Crippen molar-refractivity contribution in [2.45, 2.75) is 19.9 Å². The summed E-state index contributed by atoms with van der Waals surface area (Å²) in [6, 6.07) is 0.549. The van der Waals surface area contributed by atoms with Gasteiger partial charge < -0.3 is 14.6 Å². The van der Waals surface area contributed by atoms with Crippen molar-refractivity contribution < 1.29 is 4.42 Å². The molecule has 0 aliphatic carbocycles. The lowest BCUT2D eigenvalue weighted by molar-refractivity contribution is 0.469. The molecule has 0 saturated carbocycles. The van der Waals surface area contributed by atoms with E-state index in [1.54, 1.807) is 4.90 Å². The molecular formula is C8H16N4O. The highest BCUT2D eigenvalue weighted by Crippen LogP contribution is 2.07. The average molecular weight is 184 g/mol. The van der Waals surface area contributed by atoms with Crippen LogP contribution in [0.25, 0.3) is 0 Å². The van der Waals surface area contributed by atoms with E-state index in [2.05, 4.69) is 22.4 Å². The molecule has 74 valence electrons. The van der Waals surface area contributed by atoms with Gasteiger partial charge in [0.05, 0.1) is 6.54 Å². The van der Waals surface area contributed by atoms with Gasteiger partial charge in [-0.3, -0.25) is 0 Å². The molecule has 1 rings (SSSR count).